The number of benzene rings is 2. The Labute approximate surface area is 239 Å². The summed E-state index contributed by atoms with van der Waals surface area (Å²) in [5.74, 6) is 0.824. The fourth-order valence-electron chi connectivity index (χ4n) is 8.06. The summed E-state index contributed by atoms with van der Waals surface area (Å²) in [6.45, 7) is 11.6. The van der Waals surface area contributed by atoms with Crippen LogP contribution in [0.3, 0.4) is 0 Å². The molecule has 2 heterocycles. The molecule has 0 saturated heterocycles. The lowest BCUT2D eigenvalue weighted by Crippen LogP contribution is -2.51. The number of hydrogen-bond donors (Lipinski definition) is 0. The van der Waals surface area contributed by atoms with Gasteiger partial charge in [0.25, 0.3) is 0 Å². The second-order valence-electron chi connectivity index (χ2n) is 13.3. The summed E-state index contributed by atoms with van der Waals surface area (Å²) < 4.78 is 7.62. The van der Waals surface area contributed by atoms with Gasteiger partial charge in [-0.05, 0) is 84.1 Å². The standard InChI is InChI=1S/C34H44N4O2/c1-24(2)26-12-14-29-27(19-26)13-15-31-33(3,16-8-17-34(29,31)4)23-40-32(39)22-38-21-28(35-36-38)20-37-18-7-10-25-9-5-6-11-30(25)37/h5-6,9,11-12,14,19,21,24,31H,7-8,10,13,15-18,20,22-23H2,1-4H3/t31-,33-,34+/m0/s1. The molecule has 3 aromatic rings. The van der Waals surface area contributed by atoms with Gasteiger partial charge in [0.15, 0.2) is 0 Å². The largest absolute Gasteiger partial charge is 0.464 e. The van der Waals surface area contributed by atoms with Crippen molar-refractivity contribution in [3.8, 4) is 0 Å². The zero-order valence-electron chi connectivity index (χ0n) is 24.7. The zero-order chi connectivity index (χ0) is 27.9. The van der Waals surface area contributed by atoms with Crippen LogP contribution in [0.2, 0.25) is 0 Å². The molecule has 212 valence electrons. The van der Waals surface area contributed by atoms with E-state index in [9.17, 15) is 4.79 Å². The Kier molecular flexibility index (Phi) is 7.22. The molecule has 1 aliphatic heterocycles. The number of esters is 1. The number of hydrogen-bond acceptors (Lipinski definition) is 5. The highest BCUT2D eigenvalue weighted by Gasteiger charge is 2.52. The molecule has 1 aromatic heterocycles. The molecule has 2 aromatic carbocycles. The monoisotopic (exact) mass is 540 g/mol. The van der Waals surface area contributed by atoms with E-state index in [1.54, 1.807) is 4.68 Å². The lowest BCUT2D eigenvalue weighted by atomic mass is 9.50. The van der Waals surface area contributed by atoms with Gasteiger partial charge in [-0.1, -0.05) is 75.7 Å². The predicted octanol–water partition coefficient (Wildman–Crippen LogP) is 6.61. The Bertz CT molecular complexity index is 1380. The third-order valence-electron chi connectivity index (χ3n) is 10.2. The number of carbonyl (C=O) groups excluding carboxylic acids is 1. The van der Waals surface area contributed by atoms with Gasteiger partial charge in [-0.2, -0.15) is 0 Å². The van der Waals surface area contributed by atoms with Crippen LogP contribution < -0.4 is 4.90 Å². The van der Waals surface area contributed by atoms with Crippen LogP contribution in [0.5, 0.6) is 0 Å². The Hall–Kier alpha value is -3.15. The van der Waals surface area contributed by atoms with Crippen LogP contribution in [-0.4, -0.2) is 34.1 Å². The van der Waals surface area contributed by atoms with Crippen LogP contribution in [0.4, 0.5) is 5.69 Å². The van der Waals surface area contributed by atoms with E-state index in [1.165, 1.54) is 40.8 Å². The fourth-order valence-corrected chi connectivity index (χ4v) is 8.06. The van der Waals surface area contributed by atoms with Gasteiger partial charge in [-0.25, -0.2) is 4.68 Å². The molecule has 6 heteroatoms. The molecule has 0 N–H and O–H groups in total. The zero-order valence-corrected chi connectivity index (χ0v) is 24.7. The Balaban J connectivity index is 1.08. The Morgan fingerprint density at radius 3 is 2.77 bits per heavy atom. The minimum Gasteiger partial charge on any atom is -0.464 e. The van der Waals surface area contributed by atoms with Crippen LogP contribution in [0.15, 0.2) is 48.7 Å². The van der Waals surface area contributed by atoms with E-state index in [2.05, 4.69) is 85.4 Å². The number of aryl methyl sites for hydroxylation is 2. The minimum atomic E-state index is -0.231. The molecule has 1 fully saturated rings. The summed E-state index contributed by atoms with van der Waals surface area (Å²) in [6, 6.07) is 15.8. The Morgan fingerprint density at radius 2 is 1.93 bits per heavy atom. The normalized spacial score (nSPS) is 25.7. The van der Waals surface area contributed by atoms with Crippen molar-refractivity contribution in [2.24, 2.45) is 11.3 Å². The van der Waals surface area contributed by atoms with Crippen molar-refractivity contribution in [1.82, 2.24) is 15.0 Å². The average Bonchev–Trinajstić information content (AvgIpc) is 3.38. The van der Waals surface area contributed by atoms with Gasteiger partial charge in [0, 0.05) is 17.6 Å². The average molecular weight is 541 g/mol. The molecule has 6 nitrogen and oxygen atoms in total. The second kappa shape index (κ2) is 10.7. The molecular formula is C34H44N4O2. The SMILES string of the molecule is CC(C)c1ccc2c(c1)CC[C@H]1[C@](C)(COC(=O)Cn3cc(CN4CCCc5ccccc54)nn3)CCC[C@]21C. The summed E-state index contributed by atoms with van der Waals surface area (Å²) >= 11 is 0. The molecule has 1 saturated carbocycles. The molecule has 0 bridgehead atoms. The molecule has 0 unspecified atom stereocenters. The van der Waals surface area contributed by atoms with E-state index in [4.69, 9.17) is 4.74 Å². The highest BCUT2D eigenvalue weighted by Crippen LogP contribution is 2.57. The number of carbonyl (C=O) groups is 1. The molecular weight excluding hydrogens is 496 g/mol. The van der Waals surface area contributed by atoms with Crippen molar-refractivity contribution < 1.29 is 9.53 Å². The highest BCUT2D eigenvalue weighted by atomic mass is 16.5. The number of aromatic nitrogens is 3. The smallest absolute Gasteiger partial charge is 0.327 e. The number of para-hydroxylation sites is 1. The van der Waals surface area contributed by atoms with Crippen molar-refractivity contribution in [3.63, 3.8) is 0 Å². The predicted molar refractivity (Wildman–Crippen MR) is 158 cm³/mol. The third-order valence-corrected chi connectivity index (χ3v) is 10.2. The lowest BCUT2D eigenvalue weighted by Gasteiger charge is -2.55. The van der Waals surface area contributed by atoms with Gasteiger partial charge >= 0.3 is 5.97 Å². The maximum atomic E-state index is 13.0. The minimum absolute atomic E-state index is 0.0216. The number of rotatable bonds is 7. The van der Waals surface area contributed by atoms with Gasteiger partial charge in [0.2, 0.25) is 0 Å². The van der Waals surface area contributed by atoms with Crippen LogP contribution in [-0.2, 0) is 40.9 Å². The second-order valence-corrected chi connectivity index (χ2v) is 13.3. The molecule has 0 radical (unpaired) electrons. The molecule has 2 aliphatic carbocycles. The number of anilines is 1. The first-order valence-corrected chi connectivity index (χ1v) is 15.3. The van der Waals surface area contributed by atoms with Crippen molar-refractivity contribution in [1.29, 1.82) is 0 Å². The topological polar surface area (TPSA) is 60.2 Å². The van der Waals surface area contributed by atoms with E-state index in [0.29, 0.717) is 25.0 Å². The lowest BCUT2D eigenvalue weighted by molar-refractivity contribution is -0.152. The van der Waals surface area contributed by atoms with Gasteiger partial charge in [0.05, 0.1) is 19.3 Å². The third kappa shape index (κ3) is 5.06. The first-order valence-electron chi connectivity index (χ1n) is 15.3. The van der Waals surface area contributed by atoms with Gasteiger partial charge in [-0.15, -0.1) is 5.10 Å². The number of ether oxygens (including phenoxy) is 1. The molecule has 0 amide bonds. The molecule has 3 aliphatic rings. The summed E-state index contributed by atoms with van der Waals surface area (Å²) in [7, 11) is 0. The van der Waals surface area contributed by atoms with Gasteiger partial charge < -0.3 is 9.64 Å². The number of nitrogens with zero attached hydrogens (tertiary/aromatic N) is 4. The molecule has 3 atom stereocenters. The van der Waals surface area contributed by atoms with E-state index >= 15 is 0 Å². The van der Waals surface area contributed by atoms with Crippen LogP contribution in [0, 0.1) is 11.3 Å². The summed E-state index contributed by atoms with van der Waals surface area (Å²) in [6.07, 6.45) is 9.90. The summed E-state index contributed by atoms with van der Waals surface area (Å²) in [4.78, 5) is 15.3. The highest BCUT2D eigenvalue weighted by molar-refractivity contribution is 5.69. The number of fused-ring (bicyclic) bond motifs is 4. The van der Waals surface area contributed by atoms with E-state index in [0.717, 1.165) is 44.3 Å². The van der Waals surface area contributed by atoms with E-state index in [-0.39, 0.29) is 23.3 Å². The van der Waals surface area contributed by atoms with Gasteiger partial charge in [-0.3, -0.25) is 4.79 Å². The van der Waals surface area contributed by atoms with Crippen LogP contribution in [0.25, 0.3) is 0 Å². The molecule has 0 spiro atoms. The summed E-state index contributed by atoms with van der Waals surface area (Å²) in [5.41, 5.74) is 8.15. The van der Waals surface area contributed by atoms with Gasteiger partial charge in [0.1, 0.15) is 12.2 Å². The van der Waals surface area contributed by atoms with Crippen molar-refractivity contribution in [2.75, 3.05) is 18.1 Å². The quantitative estimate of drug-likeness (QED) is 0.316. The van der Waals surface area contributed by atoms with Crippen molar-refractivity contribution in [3.05, 3.63) is 76.6 Å². The maximum absolute atomic E-state index is 13.0. The molecule has 6 rings (SSSR count). The van der Waals surface area contributed by atoms with E-state index in [1.807, 2.05) is 6.20 Å². The molecule has 40 heavy (non-hydrogen) atoms. The summed E-state index contributed by atoms with van der Waals surface area (Å²) in [5, 5.41) is 8.61. The van der Waals surface area contributed by atoms with Crippen LogP contribution >= 0.6 is 0 Å². The first kappa shape index (κ1) is 27.0. The van der Waals surface area contributed by atoms with E-state index < -0.39 is 0 Å². The Morgan fingerprint density at radius 1 is 1.07 bits per heavy atom. The first-order chi connectivity index (χ1) is 19.2. The van der Waals surface area contributed by atoms with Crippen LogP contribution in [0.1, 0.15) is 93.7 Å². The maximum Gasteiger partial charge on any atom is 0.327 e. The fraction of sp³-hybridized carbons (Fsp3) is 0.559. The van der Waals surface area contributed by atoms with Crippen molar-refractivity contribution >= 4 is 11.7 Å². The van der Waals surface area contributed by atoms with Crippen molar-refractivity contribution in [2.45, 2.75) is 97.1 Å².